The van der Waals surface area contributed by atoms with Crippen LogP contribution < -0.4 is 5.73 Å². The van der Waals surface area contributed by atoms with Crippen molar-refractivity contribution in [3.05, 3.63) is 28.8 Å². The van der Waals surface area contributed by atoms with Gasteiger partial charge in [-0.05, 0) is 31.0 Å². The van der Waals surface area contributed by atoms with Crippen molar-refractivity contribution in [3.8, 4) is 0 Å². The van der Waals surface area contributed by atoms with Crippen LogP contribution in [0.1, 0.15) is 28.4 Å². The lowest BCUT2D eigenvalue weighted by Gasteiger charge is -2.11. The highest BCUT2D eigenvalue weighted by Crippen LogP contribution is 2.26. The van der Waals surface area contributed by atoms with E-state index in [1.807, 2.05) is 0 Å². The number of nitrogen functional groups attached to an aromatic ring is 1. The second kappa shape index (κ2) is 4.15. The molecule has 0 saturated carbocycles. The maximum atomic E-state index is 12.2. The van der Waals surface area contributed by atoms with E-state index in [0.29, 0.717) is 5.56 Å². The van der Waals surface area contributed by atoms with Crippen molar-refractivity contribution in [2.75, 3.05) is 5.73 Å². The van der Waals surface area contributed by atoms with E-state index in [9.17, 15) is 18.0 Å². The smallest absolute Gasteiger partial charge is 0.393 e. The number of carbonyl (C=O) groups excluding carboxylic acids is 1. The maximum absolute atomic E-state index is 12.2. The van der Waals surface area contributed by atoms with E-state index in [4.69, 9.17) is 5.73 Å². The Hall–Kier alpha value is -1.52. The minimum atomic E-state index is -4.28. The summed E-state index contributed by atoms with van der Waals surface area (Å²) in [6, 6.07) is 2.56. The monoisotopic (exact) mass is 231 g/mol. The molecule has 0 aliphatic carbocycles. The Bertz CT molecular complexity index is 424. The number of Topliss-reactive ketones (excluding diaryl/α,β-unsaturated/α-hetero) is 1. The van der Waals surface area contributed by atoms with Gasteiger partial charge in [-0.1, -0.05) is 6.07 Å². The number of rotatable bonds is 2. The minimum absolute atomic E-state index is 0.0596. The topological polar surface area (TPSA) is 43.1 Å². The number of alkyl halides is 3. The van der Waals surface area contributed by atoms with Crippen LogP contribution >= 0.6 is 0 Å². The van der Waals surface area contributed by atoms with Crippen LogP contribution in [0.15, 0.2) is 12.1 Å². The Kier molecular flexibility index (Phi) is 3.26. The van der Waals surface area contributed by atoms with E-state index in [-0.39, 0.29) is 22.6 Å². The quantitative estimate of drug-likeness (QED) is 0.628. The maximum Gasteiger partial charge on any atom is 0.393 e. The van der Waals surface area contributed by atoms with Crippen LogP contribution in [-0.2, 0) is 6.42 Å². The SMILES string of the molecule is CC(=O)c1cc(CC(F)(F)F)cc(C)c1N. The van der Waals surface area contributed by atoms with Crippen molar-refractivity contribution in [1.82, 2.24) is 0 Å². The van der Waals surface area contributed by atoms with E-state index in [0.717, 1.165) is 0 Å². The van der Waals surface area contributed by atoms with Crippen LogP contribution in [0.5, 0.6) is 0 Å². The molecule has 5 heteroatoms. The molecule has 0 heterocycles. The van der Waals surface area contributed by atoms with Gasteiger partial charge in [0.1, 0.15) is 0 Å². The third-order valence-electron chi connectivity index (χ3n) is 2.23. The van der Waals surface area contributed by atoms with Gasteiger partial charge in [-0.3, -0.25) is 4.79 Å². The van der Waals surface area contributed by atoms with Crippen LogP contribution in [0.4, 0.5) is 18.9 Å². The summed E-state index contributed by atoms with van der Waals surface area (Å²) in [7, 11) is 0. The highest BCUT2D eigenvalue weighted by atomic mass is 19.4. The second-order valence-corrected chi connectivity index (χ2v) is 3.72. The number of aryl methyl sites for hydroxylation is 1. The zero-order chi connectivity index (χ0) is 12.5. The van der Waals surface area contributed by atoms with E-state index in [1.165, 1.54) is 19.1 Å². The lowest BCUT2D eigenvalue weighted by molar-refractivity contribution is -0.127. The Morgan fingerprint density at radius 2 is 1.94 bits per heavy atom. The first-order valence-electron chi connectivity index (χ1n) is 4.67. The number of nitrogens with two attached hydrogens (primary N) is 1. The molecule has 0 saturated heterocycles. The molecule has 0 bridgehead atoms. The fourth-order valence-electron chi connectivity index (χ4n) is 1.50. The van der Waals surface area contributed by atoms with Crippen molar-refractivity contribution in [2.45, 2.75) is 26.4 Å². The van der Waals surface area contributed by atoms with Crippen LogP contribution in [0.2, 0.25) is 0 Å². The van der Waals surface area contributed by atoms with E-state index in [2.05, 4.69) is 0 Å². The average Bonchev–Trinajstić information content (AvgIpc) is 2.07. The fraction of sp³-hybridized carbons (Fsp3) is 0.364. The molecule has 0 unspecified atom stereocenters. The van der Waals surface area contributed by atoms with Crippen LogP contribution in [0.25, 0.3) is 0 Å². The third-order valence-corrected chi connectivity index (χ3v) is 2.23. The first-order valence-corrected chi connectivity index (χ1v) is 4.67. The third kappa shape index (κ3) is 2.98. The highest BCUT2D eigenvalue weighted by molar-refractivity contribution is 5.99. The van der Waals surface area contributed by atoms with Gasteiger partial charge in [0.05, 0.1) is 6.42 Å². The molecule has 0 aliphatic heterocycles. The van der Waals surface area contributed by atoms with Crippen molar-refractivity contribution in [3.63, 3.8) is 0 Å². The fourth-order valence-corrected chi connectivity index (χ4v) is 1.50. The largest absolute Gasteiger partial charge is 0.398 e. The lowest BCUT2D eigenvalue weighted by Crippen LogP contribution is -2.13. The average molecular weight is 231 g/mol. The number of benzene rings is 1. The standard InChI is InChI=1S/C11H12F3NO/c1-6-3-8(5-11(12,13)14)4-9(7(2)16)10(6)15/h3-4H,5,15H2,1-2H3. The molecule has 0 amide bonds. The second-order valence-electron chi connectivity index (χ2n) is 3.72. The first kappa shape index (κ1) is 12.5. The summed E-state index contributed by atoms with van der Waals surface area (Å²) in [5.74, 6) is -0.329. The molecular weight excluding hydrogens is 219 g/mol. The molecule has 0 spiro atoms. The van der Waals surface area contributed by atoms with E-state index >= 15 is 0 Å². The summed E-state index contributed by atoms with van der Waals surface area (Å²) >= 11 is 0. The van der Waals surface area contributed by atoms with Crippen molar-refractivity contribution < 1.29 is 18.0 Å². The van der Waals surface area contributed by atoms with Gasteiger partial charge < -0.3 is 5.73 Å². The first-order chi connectivity index (χ1) is 7.20. The van der Waals surface area contributed by atoms with Gasteiger partial charge in [0.2, 0.25) is 0 Å². The Morgan fingerprint density at radius 3 is 2.38 bits per heavy atom. The molecule has 0 atom stereocenters. The van der Waals surface area contributed by atoms with Crippen LogP contribution in [0, 0.1) is 6.92 Å². The molecule has 1 rings (SSSR count). The molecule has 0 aliphatic rings. The highest BCUT2D eigenvalue weighted by Gasteiger charge is 2.28. The van der Waals surface area contributed by atoms with Gasteiger partial charge in [0.25, 0.3) is 0 Å². The minimum Gasteiger partial charge on any atom is -0.398 e. The van der Waals surface area contributed by atoms with Gasteiger partial charge in [0, 0.05) is 11.3 Å². The van der Waals surface area contributed by atoms with Gasteiger partial charge >= 0.3 is 6.18 Å². The van der Waals surface area contributed by atoms with Crippen LogP contribution in [0.3, 0.4) is 0 Å². The summed E-state index contributed by atoms with van der Waals surface area (Å²) in [6.45, 7) is 2.87. The number of carbonyl (C=O) groups is 1. The van der Waals surface area contributed by atoms with Gasteiger partial charge in [-0.25, -0.2) is 0 Å². The normalized spacial score (nSPS) is 11.6. The predicted octanol–water partition coefficient (Wildman–Crippen LogP) is 2.88. The summed E-state index contributed by atoms with van der Waals surface area (Å²) in [4.78, 5) is 11.2. The lowest BCUT2D eigenvalue weighted by atomic mass is 9.99. The summed E-state index contributed by atoms with van der Waals surface area (Å²) < 4.78 is 36.6. The van der Waals surface area contributed by atoms with Crippen molar-refractivity contribution in [1.29, 1.82) is 0 Å². The van der Waals surface area contributed by atoms with Crippen molar-refractivity contribution >= 4 is 11.5 Å². The predicted molar refractivity (Wildman–Crippen MR) is 55.4 cm³/mol. The number of hydrogen-bond acceptors (Lipinski definition) is 2. The Morgan fingerprint density at radius 1 is 1.38 bits per heavy atom. The zero-order valence-corrected chi connectivity index (χ0v) is 8.98. The van der Waals surface area contributed by atoms with E-state index < -0.39 is 12.6 Å². The molecule has 0 aromatic heterocycles. The summed E-state index contributed by atoms with van der Waals surface area (Å²) in [6.07, 6.45) is -5.33. The molecule has 1 aromatic rings. The number of hydrogen-bond donors (Lipinski definition) is 1. The summed E-state index contributed by atoms with van der Waals surface area (Å²) in [5.41, 5.74) is 6.57. The Balaban J connectivity index is 3.19. The molecule has 16 heavy (non-hydrogen) atoms. The van der Waals surface area contributed by atoms with Crippen molar-refractivity contribution in [2.24, 2.45) is 0 Å². The number of ketones is 1. The number of halogens is 3. The molecule has 0 fully saturated rings. The Labute approximate surface area is 91.3 Å². The van der Waals surface area contributed by atoms with Crippen LogP contribution in [-0.4, -0.2) is 12.0 Å². The van der Waals surface area contributed by atoms with Gasteiger partial charge in [-0.15, -0.1) is 0 Å². The molecule has 0 radical (unpaired) electrons. The van der Waals surface area contributed by atoms with Gasteiger partial charge in [-0.2, -0.15) is 13.2 Å². The molecular formula is C11H12F3NO. The zero-order valence-electron chi connectivity index (χ0n) is 8.98. The summed E-state index contributed by atoms with van der Waals surface area (Å²) in [5, 5.41) is 0. The number of anilines is 1. The van der Waals surface area contributed by atoms with E-state index in [1.54, 1.807) is 6.92 Å². The molecule has 1 aromatic carbocycles. The molecule has 2 N–H and O–H groups in total. The molecule has 2 nitrogen and oxygen atoms in total. The van der Waals surface area contributed by atoms with Gasteiger partial charge in [0.15, 0.2) is 5.78 Å². The molecule has 88 valence electrons.